The molecule has 1 rings (SSSR count). The summed E-state index contributed by atoms with van der Waals surface area (Å²) in [5.41, 5.74) is 10.6. The smallest absolute Gasteiger partial charge is 0.328 e. The number of carboxylic acids is 1. The first-order chi connectivity index (χ1) is 17.2. The summed E-state index contributed by atoms with van der Waals surface area (Å²) in [6.45, 7) is 4.68. The number of hydrogen-bond acceptors (Lipinski definition) is 6. The Morgan fingerprint density at radius 2 is 1.67 bits per heavy atom. The molecule has 1 saturated heterocycles. The molecule has 0 unspecified atom stereocenters. The van der Waals surface area contributed by atoms with Gasteiger partial charge in [0.05, 0.1) is 6.61 Å². The van der Waals surface area contributed by atoms with Gasteiger partial charge in [-0.25, -0.2) is 9.59 Å². The Bertz CT molecular complexity index is 682. The van der Waals surface area contributed by atoms with Gasteiger partial charge in [0.1, 0.15) is 12.1 Å². The summed E-state index contributed by atoms with van der Waals surface area (Å²) in [6.07, 6.45) is 13.1. The molecule has 0 radical (unpaired) electrons. The Labute approximate surface area is 215 Å². The average Bonchev–Trinajstić information content (AvgIpc) is 3.27. The lowest BCUT2D eigenvalue weighted by molar-refractivity contribution is -0.147. The van der Waals surface area contributed by atoms with Gasteiger partial charge in [-0.2, -0.15) is 0 Å². The van der Waals surface area contributed by atoms with E-state index >= 15 is 0 Å². The first-order valence-corrected chi connectivity index (χ1v) is 13.2. The summed E-state index contributed by atoms with van der Waals surface area (Å²) in [4.78, 5) is 48.5. The second-order valence-corrected chi connectivity index (χ2v) is 8.90. The van der Waals surface area contributed by atoms with Crippen molar-refractivity contribution in [3.05, 3.63) is 0 Å². The number of carbonyl (C=O) groups is 4. The topological polar surface area (TPSA) is 186 Å². The maximum Gasteiger partial charge on any atom is 0.328 e. The lowest BCUT2D eigenvalue weighted by Gasteiger charge is -2.17. The van der Waals surface area contributed by atoms with Gasteiger partial charge in [0.2, 0.25) is 11.8 Å². The number of ether oxygens (including phenoxy) is 1. The molecule has 7 N–H and O–H groups in total. The zero-order valence-corrected chi connectivity index (χ0v) is 22.1. The van der Waals surface area contributed by atoms with Crippen molar-refractivity contribution in [2.45, 2.75) is 116 Å². The van der Waals surface area contributed by atoms with Crippen molar-refractivity contribution >= 4 is 29.7 Å². The van der Waals surface area contributed by atoms with Crippen molar-refractivity contribution in [1.82, 2.24) is 10.6 Å². The summed E-state index contributed by atoms with van der Waals surface area (Å²) in [6, 6.07) is -1.28. The van der Waals surface area contributed by atoms with E-state index in [9.17, 15) is 19.2 Å². The van der Waals surface area contributed by atoms with E-state index in [0.717, 1.165) is 12.8 Å². The minimum absolute atomic E-state index is 0.0251. The highest BCUT2D eigenvalue weighted by Gasteiger charge is 2.26. The molecule has 11 nitrogen and oxygen atoms in total. The molecule has 208 valence electrons. The quantitative estimate of drug-likeness (QED) is 0.0799. The third kappa shape index (κ3) is 18.5. The highest BCUT2D eigenvalue weighted by molar-refractivity contribution is 5.87. The Morgan fingerprint density at radius 3 is 2.14 bits per heavy atom. The van der Waals surface area contributed by atoms with Crippen LogP contribution in [0.25, 0.3) is 0 Å². The van der Waals surface area contributed by atoms with Gasteiger partial charge >= 0.3 is 11.9 Å². The molecule has 2 amide bonds. The second kappa shape index (κ2) is 21.4. The summed E-state index contributed by atoms with van der Waals surface area (Å²) in [5, 5.41) is 13.4. The van der Waals surface area contributed by atoms with E-state index in [1.165, 1.54) is 44.9 Å². The van der Waals surface area contributed by atoms with Crippen molar-refractivity contribution < 1.29 is 29.0 Å². The van der Waals surface area contributed by atoms with Gasteiger partial charge in [-0.05, 0) is 32.6 Å². The molecule has 0 aromatic rings. The van der Waals surface area contributed by atoms with Crippen LogP contribution in [0.4, 0.5) is 0 Å². The number of hydrogen-bond donors (Lipinski definition) is 5. The summed E-state index contributed by atoms with van der Waals surface area (Å²) in [7, 11) is 0. The molecular weight excluding hydrogens is 466 g/mol. The summed E-state index contributed by atoms with van der Waals surface area (Å²) < 4.78 is 5.04. The Kier molecular flexibility index (Phi) is 19.7. The van der Waals surface area contributed by atoms with Gasteiger partial charge in [0, 0.05) is 19.4 Å². The highest BCUT2D eigenvalue weighted by Crippen LogP contribution is 2.11. The Morgan fingerprint density at radius 1 is 1.06 bits per heavy atom. The Balaban J connectivity index is 0.00000113. The van der Waals surface area contributed by atoms with Gasteiger partial charge < -0.3 is 31.9 Å². The van der Waals surface area contributed by atoms with Gasteiger partial charge in [-0.15, -0.1) is 0 Å². The van der Waals surface area contributed by atoms with Crippen molar-refractivity contribution in [2.75, 3.05) is 13.2 Å². The van der Waals surface area contributed by atoms with Crippen LogP contribution < -0.4 is 22.1 Å². The fourth-order valence-corrected chi connectivity index (χ4v) is 3.66. The average molecular weight is 514 g/mol. The van der Waals surface area contributed by atoms with Crippen molar-refractivity contribution in [2.24, 2.45) is 16.5 Å². The van der Waals surface area contributed by atoms with Crippen LogP contribution in [0.1, 0.15) is 104 Å². The molecule has 1 aliphatic heterocycles. The zero-order valence-electron chi connectivity index (χ0n) is 22.1. The number of guanidine groups is 1. The van der Waals surface area contributed by atoms with E-state index in [1.807, 2.05) is 0 Å². The number of aliphatic imine (C=N–C) groups is 1. The predicted octanol–water partition coefficient (Wildman–Crippen LogP) is 2.36. The molecule has 11 heteroatoms. The third-order valence-corrected chi connectivity index (χ3v) is 5.65. The van der Waals surface area contributed by atoms with Crippen LogP contribution >= 0.6 is 0 Å². The first kappa shape index (κ1) is 33.1. The van der Waals surface area contributed by atoms with E-state index in [2.05, 4.69) is 22.5 Å². The third-order valence-electron chi connectivity index (χ3n) is 5.65. The molecule has 0 aromatic carbocycles. The lowest BCUT2D eigenvalue weighted by atomic mass is 10.1. The summed E-state index contributed by atoms with van der Waals surface area (Å²) in [5.74, 6) is -1.58. The first-order valence-electron chi connectivity index (χ1n) is 13.2. The molecule has 0 aromatic heterocycles. The molecule has 1 heterocycles. The van der Waals surface area contributed by atoms with E-state index < -0.39 is 24.0 Å². The van der Waals surface area contributed by atoms with Crippen LogP contribution in [0.2, 0.25) is 0 Å². The van der Waals surface area contributed by atoms with E-state index in [0.29, 0.717) is 38.6 Å². The lowest BCUT2D eigenvalue weighted by Crippen LogP contribution is -2.42. The maximum atomic E-state index is 12.1. The van der Waals surface area contributed by atoms with Crippen LogP contribution in [0, 0.1) is 0 Å². The highest BCUT2D eigenvalue weighted by atomic mass is 16.5. The van der Waals surface area contributed by atoms with E-state index in [-0.39, 0.29) is 24.4 Å². The number of nitrogens with two attached hydrogens (primary N) is 2. The molecule has 0 bridgehead atoms. The van der Waals surface area contributed by atoms with E-state index in [1.54, 1.807) is 6.92 Å². The molecule has 0 aliphatic carbocycles. The number of nitrogens with one attached hydrogen (secondary N) is 2. The van der Waals surface area contributed by atoms with Gasteiger partial charge in [0.25, 0.3) is 0 Å². The summed E-state index contributed by atoms with van der Waals surface area (Å²) >= 11 is 0. The molecule has 2 atom stereocenters. The predicted molar refractivity (Wildman–Crippen MR) is 139 cm³/mol. The Hall–Kier alpha value is -2.85. The van der Waals surface area contributed by atoms with Crippen LogP contribution in [0.5, 0.6) is 0 Å². The van der Waals surface area contributed by atoms with E-state index in [4.69, 9.17) is 21.3 Å². The standard InChI is InChI=1S/C20H40N4O3.C5H7NO3/c1-3-5-6-7-8-9-10-11-12-15-18(25)24-17(19(26)27-4-2)14-13-16-23-20(21)22;7-4-2-1-3(6-4)5(8)9/h17H,3-16H2,1-2H3,(H,24,25)(H4,21,22,23);3H,1-2H2,(H,6,7)(H,8,9)/t17-;3-/m00/s1. The normalized spacial score (nSPS) is 15.2. The largest absolute Gasteiger partial charge is 0.480 e. The molecule has 36 heavy (non-hydrogen) atoms. The number of rotatable bonds is 18. The number of unbranched alkanes of at least 4 members (excludes halogenated alkanes) is 8. The van der Waals surface area contributed by atoms with Crippen LogP contribution in [-0.2, 0) is 23.9 Å². The van der Waals surface area contributed by atoms with Gasteiger partial charge in [-0.1, -0.05) is 58.3 Å². The monoisotopic (exact) mass is 513 g/mol. The zero-order chi connectivity index (χ0) is 27.2. The fraction of sp³-hybridized carbons (Fsp3) is 0.800. The van der Waals surface area contributed by atoms with Crippen LogP contribution in [0.15, 0.2) is 4.99 Å². The minimum atomic E-state index is -0.944. The number of amides is 2. The maximum absolute atomic E-state index is 12.1. The van der Waals surface area contributed by atoms with Crippen molar-refractivity contribution in [3.63, 3.8) is 0 Å². The molecule has 0 saturated carbocycles. The fourth-order valence-electron chi connectivity index (χ4n) is 3.66. The molecule has 0 spiro atoms. The number of aliphatic carboxylic acids is 1. The van der Waals surface area contributed by atoms with Gasteiger partial charge in [0.15, 0.2) is 5.96 Å². The van der Waals surface area contributed by atoms with Crippen molar-refractivity contribution in [1.29, 1.82) is 0 Å². The number of carbonyl (C=O) groups excluding carboxylic acids is 3. The SMILES string of the molecule is CCCCCCCCCCCC(=O)N[C@@H](CCCN=C(N)N)C(=O)OCC.O=C1CC[C@@H](C(=O)O)N1. The second-order valence-electron chi connectivity index (χ2n) is 8.90. The number of esters is 1. The van der Waals surface area contributed by atoms with Crippen LogP contribution in [-0.4, -0.2) is 60.1 Å². The molecule has 1 fully saturated rings. The van der Waals surface area contributed by atoms with Crippen molar-refractivity contribution in [3.8, 4) is 0 Å². The molecule has 1 aliphatic rings. The molecular formula is C25H47N5O6. The van der Waals surface area contributed by atoms with Gasteiger partial charge in [-0.3, -0.25) is 14.6 Å². The minimum Gasteiger partial charge on any atom is -0.480 e. The number of nitrogens with zero attached hydrogens (tertiary/aromatic N) is 1. The van der Waals surface area contributed by atoms with Crippen LogP contribution in [0.3, 0.4) is 0 Å². The number of carboxylic acid groups (broad SMARTS) is 1.